The Balaban J connectivity index is 1.99. The Labute approximate surface area is 114 Å². The highest BCUT2D eigenvalue weighted by molar-refractivity contribution is 5.86. The summed E-state index contributed by atoms with van der Waals surface area (Å²) in [7, 11) is 0. The monoisotopic (exact) mass is 259 g/mol. The number of ether oxygens (including phenoxy) is 1. The molecule has 1 aliphatic heterocycles. The number of carbonyl (C=O) groups excluding carboxylic acids is 1. The minimum absolute atomic E-state index is 0.00958. The molecule has 1 fully saturated rings. The van der Waals surface area contributed by atoms with E-state index in [2.05, 4.69) is 6.58 Å². The molecule has 0 unspecified atom stereocenters. The number of hydrogen-bond acceptors (Lipinski definition) is 2. The first-order valence-corrected chi connectivity index (χ1v) is 6.82. The lowest BCUT2D eigenvalue weighted by Gasteiger charge is -2.29. The second-order valence-electron chi connectivity index (χ2n) is 4.96. The Morgan fingerprint density at radius 3 is 2.63 bits per heavy atom. The molecule has 0 aromatic heterocycles. The van der Waals surface area contributed by atoms with Gasteiger partial charge in [0.25, 0.3) is 0 Å². The van der Waals surface area contributed by atoms with Gasteiger partial charge in [-0.2, -0.15) is 0 Å². The zero-order valence-electron chi connectivity index (χ0n) is 11.3. The largest absolute Gasteiger partial charge is 0.381 e. The Kier molecular flexibility index (Phi) is 5.16. The molecule has 2 rings (SSSR count). The molecule has 0 aliphatic carbocycles. The van der Waals surface area contributed by atoms with Crippen molar-refractivity contribution in [3.63, 3.8) is 0 Å². The van der Waals surface area contributed by atoms with Crippen molar-refractivity contribution in [3.8, 4) is 0 Å². The van der Waals surface area contributed by atoms with Gasteiger partial charge in [-0.05, 0) is 30.4 Å². The number of nitrogens with zero attached hydrogens (tertiary/aromatic N) is 1. The molecule has 102 valence electrons. The fraction of sp³-hybridized carbons (Fsp3) is 0.438. The third-order valence-electron chi connectivity index (χ3n) is 3.52. The van der Waals surface area contributed by atoms with Crippen LogP contribution in [0.25, 0.3) is 0 Å². The summed E-state index contributed by atoms with van der Waals surface area (Å²) in [5.41, 5.74) is 1.16. The smallest absolute Gasteiger partial charge is 0.246 e. The van der Waals surface area contributed by atoms with Gasteiger partial charge in [-0.15, -0.1) is 0 Å². The predicted molar refractivity (Wildman–Crippen MR) is 75.6 cm³/mol. The van der Waals surface area contributed by atoms with Crippen molar-refractivity contribution in [1.82, 2.24) is 4.90 Å². The fourth-order valence-electron chi connectivity index (χ4n) is 2.41. The summed E-state index contributed by atoms with van der Waals surface area (Å²) in [5, 5.41) is 0. The number of benzene rings is 1. The normalized spacial score (nSPS) is 16.0. The second kappa shape index (κ2) is 7.10. The molecule has 0 radical (unpaired) electrons. The maximum atomic E-state index is 12.0. The van der Waals surface area contributed by atoms with E-state index in [1.807, 2.05) is 35.2 Å². The van der Waals surface area contributed by atoms with E-state index in [9.17, 15) is 4.79 Å². The maximum absolute atomic E-state index is 12.0. The van der Waals surface area contributed by atoms with Crippen molar-refractivity contribution in [2.75, 3.05) is 19.8 Å². The molecule has 1 amide bonds. The summed E-state index contributed by atoms with van der Waals surface area (Å²) in [6, 6.07) is 10.1. The van der Waals surface area contributed by atoms with Gasteiger partial charge in [-0.3, -0.25) is 4.79 Å². The van der Waals surface area contributed by atoms with Crippen LogP contribution in [0.1, 0.15) is 18.4 Å². The van der Waals surface area contributed by atoms with E-state index >= 15 is 0 Å². The van der Waals surface area contributed by atoms with Crippen molar-refractivity contribution in [2.45, 2.75) is 19.4 Å². The molecule has 3 heteroatoms. The number of amides is 1. The van der Waals surface area contributed by atoms with E-state index in [1.54, 1.807) is 0 Å². The van der Waals surface area contributed by atoms with Crippen LogP contribution in [0.3, 0.4) is 0 Å². The van der Waals surface area contributed by atoms with Gasteiger partial charge in [-0.1, -0.05) is 36.9 Å². The van der Waals surface area contributed by atoms with Gasteiger partial charge < -0.3 is 9.64 Å². The van der Waals surface area contributed by atoms with E-state index in [0.29, 0.717) is 12.5 Å². The molecule has 1 aromatic rings. The highest BCUT2D eigenvalue weighted by Crippen LogP contribution is 2.17. The first kappa shape index (κ1) is 13.8. The van der Waals surface area contributed by atoms with Crippen LogP contribution in [-0.4, -0.2) is 30.6 Å². The van der Waals surface area contributed by atoms with Crippen LogP contribution in [0.5, 0.6) is 0 Å². The lowest BCUT2D eigenvalue weighted by molar-refractivity contribution is -0.127. The van der Waals surface area contributed by atoms with Crippen molar-refractivity contribution in [3.05, 3.63) is 48.6 Å². The molecule has 19 heavy (non-hydrogen) atoms. The standard InChI is InChI=1S/C16H21NO2/c1-2-16(18)17(12-14-6-4-3-5-7-14)13-15-8-10-19-11-9-15/h2-7,15H,1,8-13H2. The molecule has 0 atom stereocenters. The molecule has 1 aromatic carbocycles. The minimum atomic E-state index is 0.00958. The fourth-order valence-corrected chi connectivity index (χ4v) is 2.41. The average Bonchev–Trinajstić information content (AvgIpc) is 2.48. The summed E-state index contributed by atoms with van der Waals surface area (Å²) in [6.45, 7) is 6.67. The summed E-state index contributed by atoms with van der Waals surface area (Å²) in [6.07, 6.45) is 3.48. The van der Waals surface area contributed by atoms with Crippen molar-refractivity contribution < 1.29 is 9.53 Å². The molecular formula is C16H21NO2. The summed E-state index contributed by atoms with van der Waals surface area (Å²) in [5.74, 6) is 0.553. The van der Waals surface area contributed by atoms with Crippen LogP contribution in [0.2, 0.25) is 0 Å². The molecular weight excluding hydrogens is 238 g/mol. The van der Waals surface area contributed by atoms with Crippen LogP contribution < -0.4 is 0 Å². The summed E-state index contributed by atoms with van der Waals surface area (Å²) < 4.78 is 5.36. The summed E-state index contributed by atoms with van der Waals surface area (Å²) in [4.78, 5) is 13.9. The lowest BCUT2D eigenvalue weighted by atomic mass is 9.99. The third kappa shape index (κ3) is 4.21. The zero-order chi connectivity index (χ0) is 13.5. The lowest BCUT2D eigenvalue weighted by Crippen LogP contribution is -2.35. The van der Waals surface area contributed by atoms with Gasteiger partial charge in [0, 0.05) is 26.3 Å². The van der Waals surface area contributed by atoms with Crippen LogP contribution in [0.4, 0.5) is 0 Å². The Morgan fingerprint density at radius 2 is 2.00 bits per heavy atom. The molecule has 1 aliphatic rings. The van der Waals surface area contributed by atoms with E-state index in [1.165, 1.54) is 6.08 Å². The Hall–Kier alpha value is -1.61. The van der Waals surface area contributed by atoms with E-state index in [0.717, 1.165) is 38.2 Å². The van der Waals surface area contributed by atoms with Crippen molar-refractivity contribution in [2.24, 2.45) is 5.92 Å². The predicted octanol–water partition coefficient (Wildman–Crippen LogP) is 2.63. The van der Waals surface area contributed by atoms with E-state index in [-0.39, 0.29) is 5.91 Å². The van der Waals surface area contributed by atoms with E-state index in [4.69, 9.17) is 4.74 Å². The van der Waals surface area contributed by atoms with Crippen LogP contribution in [0.15, 0.2) is 43.0 Å². The zero-order valence-corrected chi connectivity index (χ0v) is 11.3. The first-order valence-electron chi connectivity index (χ1n) is 6.82. The molecule has 1 saturated heterocycles. The molecule has 0 bridgehead atoms. The molecule has 0 spiro atoms. The first-order chi connectivity index (χ1) is 9.29. The number of hydrogen-bond donors (Lipinski definition) is 0. The quantitative estimate of drug-likeness (QED) is 0.761. The van der Waals surface area contributed by atoms with E-state index < -0.39 is 0 Å². The Bertz CT molecular complexity index is 410. The SMILES string of the molecule is C=CC(=O)N(Cc1ccccc1)CC1CCOCC1. The van der Waals surface area contributed by atoms with Gasteiger partial charge in [-0.25, -0.2) is 0 Å². The number of rotatable bonds is 5. The highest BCUT2D eigenvalue weighted by atomic mass is 16.5. The topological polar surface area (TPSA) is 29.5 Å². The molecule has 3 nitrogen and oxygen atoms in total. The maximum Gasteiger partial charge on any atom is 0.246 e. The van der Waals surface area contributed by atoms with Crippen molar-refractivity contribution in [1.29, 1.82) is 0 Å². The average molecular weight is 259 g/mol. The summed E-state index contributed by atoms with van der Waals surface area (Å²) >= 11 is 0. The van der Waals surface area contributed by atoms with Crippen LogP contribution in [0, 0.1) is 5.92 Å². The molecule has 0 saturated carbocycles. The van der Waals surface area contributed by atoms with Gasteiger partial charge in [0.15, 0.2) is 0 Å². The van der Waals surface area contributed by atoms with Gasteiger partial charge in [0.05, 0.1) is 0 Å². The van der Waals surface area contributed by atoms with Crippen LogP contribution >= 0.6 is 0 Å². The number of carbonyl (C=O) groups is 1. The third-order valence-corrected chi connectivity index (χ3v) is 3.52. The van der Waals surface area contributed by atoms with Crippen molar-refractivity contribution >= 4 is 5.91 Å². The second-order valence-corrected chi connectivity index (χ2v) is 4.96. The molecule has 0 N–H and O–H groups in total. The highest BCUT2D eigenvalue weighted by Gasteiger charge is 2.19. The van der Waals surface area contributed by atoms with Gasteiger partial charge in [0.1, 0.15) is 0 Å². The van der Waals surface area contributed by atoms with Crippen LogP contribution in [-0.2, 0) is 16.1 Å². The Morgan fingerprint density at radius 1 is 1.32 bits per heavy atom. The van der Waals surface area contributed by atoms with Gasteiger partial charge >= 0.3 is 0 Å². The van der Waals surface area contributed by atoms with Gasteiger partial charge in [0.2, 0.25) is 5.91 Å². The molecule has 1 heterocycles. The minimum Gasteiger partial charge on any atom is -0.381 e.